The first kappa shape index (κ1) is 102. The maximum atomic E-state index is 14.4. The van der Waals surface area contributed by atoms with Crippen molar-refractivity contribution in [2.24, 2.45) is 46.2 Å². The van der Waals surface area contributed by atoms with Crippen molar-refractivity contribution in [2.45, 2.75) is 203 Å². The number of carboxylic acid groups (broad SMARTS) is 1. The van der Waals surface area contributed by atoms with Crippen LogP contribution in [0.4, 0.5) is 0 Å². The first-order chi connectivity index (χ1) is 55.9. The molecule has 0 spiro atoms. The highest BCUT2D eigenvalue weighted by molar-refractivity contribution is 6.02. The van der Waals surface area contributed by atoms with E-state index >= 15 is 0 Å². The number of nitrogens with zero attached hydrogens (tertiary/aromatic N) is 1. The average Bonchev–Trinajstić information content (AvgIpc) is 1.27. The number of nitrogens with two attached hydrogens (primary N) is 6. The van der Waals surface area contributed by atoms with Crippen LogP contribution in [0.3, 0.4) is 0 Å². The summed E-state index contributed by atoms with van der Waals surface area (Å²) in [6, 6.07) is -16.3. The number of carboxylic acids is 1. The molecule has 0 aliphatic carbocycles. The van der Waals surface area contributed by atoms with E-state index in [-0.39, 0.29) is 63.2 Å². The van der Waals surface area contributed by atoms with Gasteiger partial charge in [0.1, 0.15) is 78.5 Å². The average molecular weight is 1690 g/mol. The van der Waals surface area contributed by atoms with Crippen LogP contribution in [-0.2, 0) is 104 Å². The van der Waals surface area contributed by atoms with Crippen molar-refractivity contribution in [3.8, 4) is 0 Å². The number of carbonyl (C=O) groups is 19. The fourth-order valence-electron chi connectivity index (χ4n) is 10.9. The van der Waals surface area contributed by atoms with E-state index in [1.807, 2.05) is 0 Å². The zero-order valence-electron chi connectivity index (χ0n) is 66.5. The van der Waals surface area contributed by atoms with Crippen LogP contribution in [0.5, 0.6) is 0 Å². The molecule has 18 amide bonds. The van der Waals surface area contributed by atoms with E-state index in [1.165, 1.54) is 43.7 Å². The lowest BCUT2D eigenvalue weighted by Gasteiger charge is -2.27. The highest BCUT2D eigenvalue weighted by Gasteiger charge is 2.39. The van der Waals surface area contributed by atoms with E-state index in [0.29, 0.717) is 5.56 Å². The van der Waals surface area contributed by atoms with Gasteiger partial charge in [-0.2, -0.15) is 0 Å². The predicted octanol–water partition coefficient (Wildman–Crippen LogP) is -13.8. The molecule has 119 heavy (non-hydrogen) atoms. The maximum Gasteiger partial charge on any atom is 0.305 e. The van der Waals surface area contributed by atoms with Gasteiger partial charge >= 0.3 is 5.97 Å². The van der Waals surface area contributed by atoms with Crippen molar-refractivity contribution in [3.63, 3.8) is 0 Å². The normalized spacial score (nSPS) is 14.8. The summed E-state index contributed by atoms with van der Waals surface area (Å²) in [6.45, 7) is 3.72. The summed E-state index contributed by atoms with van der Waals surface area (Å²) < 4.78 is 0. The van der Waals surface area contributed by atoms with Gasteiger partial charge in [-0.25, -0.2) is 4.98 Å². The molecule has 0 fully saturated rings. The second kappa shape index (κ2) is 52.9. The number of aromatic amines is 1. The molecule has 35 N–H and O–H groups in total. The summed E-state index contributed by atoms with van der Waals surface area (Å²) in [5.41, 5.74) is 33.3. The van der Waals surface area contributed by atoms with Crippen molar-refractivity contribution in [1.82, 2.24) is 95.0 Å². The molecule has 662 valence electrons. The van der Waals surface area contributed by atoms with Crippen LogP contribution in [0.1, 0.15) is 111 Å². The van der Waals surface area contributed by atoms with Gasteiger partial charge in [-0.05, 0) is 76.3 Å². The van der Waals surface area contributed by atoms with Gasteiger partial charge in [0.2, 0.25) is 106 Å². The van der Waals surface area contributed by atoms with Gasteiger partial charge in [0.15, 0.2) is 5.96 Å². The third-order valence-electron chi connectivity index (χ3n) is 17.2. The molecule has 1 heterocycles. The van der Waals surface area contributed by atoms with Crippen LogP contribution >= 0.6 is 0 Å². The third-order valence-corrected chi connectivity index (χ3v) is 17.2. The summed E-state index contributed by atoms with van der Waals surface area (Å²) in [5, 5.41) is 95.2. The minimum Gasteiger partial charge on any atom is -0.481 e. The topological polar surface area (TPSA) is 827 Å². The summed E-state index contributed by atoms with van der Waals surface area (Å²) in [5.74, 6) is -23.7. The van der Waals surface area contributed by atoms with Gasteiger partial charge in [-0.3, -0.25) is 96.5 Å². The number of unbranched alkanes of at least 4 members (excludes halogenated alkanes) is 1. The Morgan fingerprint density at radius 3 is 1.29 bits per heavy atom. The molecule has 2 rings (SSSR count). The number of primary amides is 3. The van der Waals surface area contributed by atoms with Gasteiger partial charge in [0, 0.05) is 25.6 Å². The molecule has 0 saturated heterocycles. The van der Waals surface area contributed by atoms with E-state index < -0.39 is 280 Å². The zero-order chi connectivity index (χ0) is 89.9. The lowest BCUT2D eigenvalue weighted by molar-refractivity contribution is -0.142. The number of benzene rings is 1. The van der Waals surface area contributed by atoms with Crippen LogP contribution in [0.25, 0.3) is 0 Å². The first-order valence-corrected chi connectivity index (χ1v) is 37.6. The first-order valence-electron chi connectivity index (χ1n) is 37.6. The fourth-order valence-corrected chi connectivity index (χ4v) is 10.9. The molecule has 15 atom stereocenters. The van der Waals surface area contributed by atoms with Crippen molar-refractivity contribution in [1.29, 1.82) is 5.41 Å². The Morgan fingerprint density at radius 2 is 0.857 bits per heavy atom. The Bertz CT molecular complexity index is 3820. The van der Waals surface area contributed by atoms with Crippen molar-refractivity contribution in [3.05, 3.63) is 54.1 Å². The lowest BCUT2D eigenvalue weighted by atomic mass is 10.0. The van der Waals surface area contributed by atoms with E-state index in [1.54, 1.807) is 33.8 Å². The van der Waals surface area contributed by atoms with Crippen molar-refractivity contribution >= 4 is 118 Å². The molecule has 1 aromatic carbocycles. The predicted molar refractivity (Wildman–Crippen MR) is 416 cm³/mol. The highest BCUT2D eigenvalue weighted by Crippen LogP contribution is 2.12. The number of hydrogen-bond donors (Lipinski definition) is 29. The second-order valence-corrected chi connectivity index (χ2v) is 28.2. The summed E-state index contributed by atoms with van der Waals surface area (Å²) >= 11 is 0. The number of H-pyrrole nitrogens is 1. The Hall–Kier alpha value is -12.6. The number of aromatic nitrogens is 2. The largest absolute Gasteiger partial charge is 0.481 e. The maximum absolute atomic E-state index is 14.4. The second-order valence-electron chi connectivity index (χ2n) is 28.2. The molecule has 49 nitrogen and oxygen atoms in total. The van der Waals surface area contributed by atoms with Crippen LogP contribution in [0.15, 0.2) is 42.9 Å². The number of aliphatic hydroxyl groups is 4. The number of aliphatic hydroxyl groups excluding tert-OH is 4. The number of guanidine groups is 1. The molecular weight excluding hydrogens is 1570 g/mol. The Morgan fingerprint density at radius 1 is 0.445 bits per heavy atom. The Balaban J connectivity index is 2.47. The Labute approximate surface area is 682 Å². The summed E-state index contributed by atoms with van der Waals surface area (Å²) in [4.78, 5) is 261. The molecule has 0 aliphatic rings. The molecule has 1 aromatic heterocycles. The number of carbonyl (C=O) groups excluding carboxylic acids is 18. The monoisotopic (exact) mass is 1690 g/mol. The van der Waals surface area contributed by atoms with E-state index in [4.69, 9.17) is 39.8 Å². The van der Waals surface area contributed by atoms with Gasteiger partial charge in [-0.1, -0.05) is 58.0 Å². The Kier molecular flexibility index (Phi) is 45.5. The van der Waals surface area contributed by atoms with Crippen LogP contribution in [0, 0.1) is 17.2 Å². The zero-order valence-corrected chi connectivity index (χ0v) is 66.5. The molecule has 0 saturated carbocycles. The number of aliphatic carboxylic acids is 1. The molecule has 0 aliphatic heterocycles. The summed E-state index contributed by atoms with van der Waals surface area (Å²) in [6.07, 6.45) is -3.60. The number of amides is 18. The standard InChI is InChI=1S/C70H113N25O24/c1-32(2)19-40(65(115)95-55(35(6)99)69(119)91-46(28-96)56(75)106)83-51(102)26-80-58(108)43(22-49(73)100)89-59(109)38(15-10-11-17-71)85-64(114)45(24-53(104)105)90-67(117)48(30-98)93-61(111)41(20-36-13-8-7-9-14-36)87-66(116)47(29-97)92-60(110)39(16-12-18-79-70(76)77)86-62(112)42(21-37-25-78-31-82-37)88-63(113)44(23-50(74)101)84-52(103)27-81-68(118)54(33(3)4)94-57(107)34(5)72/h7-9,13-14,25,31-35,38-48,54-55,96-99H,10-12,15-24,26-30,71-72H2,1-6H3,(H2,73,100)(H2,74,101)(H2,75,106)(H,78,82)(H,80,108)(H,81,118)(H,83,102)(H,84,103)(H,85,114)(H,86,112)(H,87,116)(H,88,113)(H,89,109)(H,90,117)(H,91,119)(H,92,110)(H,93,111)(H,94,107)(H,95,115)(H,104,105)(H4,76,77,79)/t34-,35+,38-,39-,40-,41-,42-,43-,44-,45-,46-,47-,48-,54-,55-/m0/s1. The van der Waals surface area contributed by atoms with Crippen LogP contribution in [0.2, 0.25) is 0 Å². The fraction of sp³-hybridized carbons (Fsp3) is 0.586. The number of rotatable bonds is 56. The SMILES string of the molecule is CC(C)C[C@H](NC(=O)CNC(=O)[C@H](CC(N)=O)NC(=O)[C@H](CCCCN)NC(=O)[C@H](CC(=O)O)NC(=O)[C@H](CO)NC(=O)[C@H](Cc1ccccc1)NC(=O)[C@H](CO)NC(=O)[C@H](CCCNC(=N)N)NC(=O)[C@H](Cc1c[nH]cn1)NC(=O)[C@H](CC(N)=O)NC(=O)CNC(=O)[C@@H](NC(=O)[C@H](C)N)C(C)C)C(=O)N[C@H](C(=O)N[C@@H](CO)C(N)=O)[C@@H](C)O. The minimum atomic E-state index is -2.16. The molecular formula is C70H113N25O24. The highest BCUT2D eigenvalue weighted by atomic mass is 16.4. The number of imidazole rings is 1. The van der Waals surface area contributed by atoms with E-state index in [0.717, 1.165) is 6.92 Å². The third kappa shape index (κ3) is 38.8. The van der Waals surface area contributed by atoms with E-state index in [9.17, 15) is 117 Å². The van der Waals surface area contributed by atoms with Gasteiger partial charge in [-0.15, -0.1) is 0 Å². The van der Waals surface area contributed by atoms with E-state index in [2.05, 4.69) is 95.0 Å². The number of nitrogens with one attached hydrogen (secondary N) is 18. The number of hydrogen-bond acceptors (Lipinski definition) is 27. The smallest absolute Gasteiger partial charge is 0.305 e. The molecule has 49 heteroatoms. The van der Waals surface area contributed by atoms with Crippen molar-refractivity contribution < 1.29 is 117 Å². The molecule has 0 bridgehead atoms. The minimum absolute atomic E-state index is 0.0357. The van der Waals surface area contributed by atoms with Gasteiger partial charge in [0.05, 0.1) is 76.3 Å². The molecule has 0 unspecified atom stereocenters. The quantitative estimate of drug-likeness (QED) is 0.0166. The van der Waals surface area contributed by atoms with Crippen LogP contribution < -0.4 is 119 Å². The van der Waals surface area contributed by atoms with Crippen LogP contribution in [-0.4, -0.2) is 290 Å². The van der Waals surface area contributed by atoms with Crippen molar-refractivity contribution in [2.75, 3.05) is 46.0 Å². The molecule has 2 aromatic rings. The lowest BCUT2D eigenvalue weighted by Crippen LogP contribution is -2.62. The van der Waals surface area contributed by atoms with Gasteiger partial charge < -0.3 is 150 Å². The molecule has 0 radical (unpaired) electrons. The summed E-state index contributed by atoms with van der Waals surface area (Å²) in [7, 11) is 0. The van der Waals surface area contributed by atoms with Gasteiger partial charge in [0.25, 0.3) is 0 Å².